The second-order valence-corrected chi connectivity index (χ2v) is 3.60. The highest BCUT2D eigenvalue weighted by atomic mass is 16.1. The molecule has 0 radical (unpaired) electrons. The van der Waals surface area contributed by atoms with Crippen LogP contribution in [0.5, 0.6) is 0 Å². The number of Topliss-reactive ketones (excluding diaryl/α,β-unsaturated/α-hetero) is 1. The van der Waals surface area contributed by atoms with Crippen molar-refractivity contribution in [1.82, 2.24) is 5.32 Å². The molecule has 0 saturated carbocycles. The summed E-state index contributed by atoms with van der Waals surface area (Å²) in [6.45, 7) is 7.27. The predicted molar refractivity (Wildman–Crippen MR) is 61.4 cm³/mol. The first-order valence-electron chi connectivity index (χ1n) is 5.64. The van der Waals surface area contributed by atoms with E-state index in [1.807, 2.05) is 6.08 Å². The zero-order chi connectivity index (χ0) is 10.6. The summed E-state index contributed by atoms with van der Waals surface area (Å²) in [5.41, 5.74) is 0. The van der Waals surface area contributed by atoms with Crippen LogP contribution in [0.4, 0.5) is 0 Å². The van der Waals surface area contributed by atoms with Crippen molar-refractivity contribution in [3.05, 3.63) is 12.7 Å². The monoisotopic (exact) mass is 197 g/mol. The fourth-order valence-corrected chi connectivity index (χ4v) is 1.28. The Balaban J connectivity index is 3.14. The Labute approximate surface area is 87.8 Å². The van der Waals surface area contributed by atoms with Crippen molar-refractivity contribution in [2.75, 3.05) is 13.1 Å². The highest BCUT2D eigenvalue weighted by Gasteiger charge is 1.99. The van der Waals surface area contributed by atoms with Crippen LogP contribution in [0.25, 0.3) is 0 Å². The molecule has 2 heteroatoms. The maximum absolute atomic E-state index is 11.3. The van der Waals surface area contributed by atoms with Crippen molar-refractivity contribution in [1.29, 1.82) is 0 Å². The summed E-state index contributed by atoms with van der Waals surface area (Å²) in [7, 11) is 0. The zero-order valence-corrected chi connectivity index (χ0v) is 9.35. The molecule has 1 N–H and O–H groups in total. The van der Waals surface area contributed by atoms with Gasteiger partial charge in [0.25, 0.3) is 0 Å². The predicted octanol–water partition coefficient (Wildman–Crippen LogP) is 2.69. The van der Waals surface area contributed by atoms with E-state index >= 15 is 0 Å². The quantitative estimate of drug-likeness (QED) is 0.431. The summed E-state index contributed by atoms with van der Waals surface area (Å²) < 4.78 is 0. The molecule has 0 rings (SSSR count). The van der Waals surface area contributed by atoms with Crippen LogP contribution >= 0.6 is 0 Å². The van der Waals surface area contributed by atoms with Crippen molar-refractivity contribution in [2.24, 2.45) is 0 Å². The van der Waals surface area contributed by atoms with E-state index in [2.05, 4.69) is 18.8 Å². The molecule has 0 unspecified atom stereocenters. The van der Waals surface area contributed by atoms with Crippen molar-refractivity contribution >= 4 is 5.78 Å². The lowest BCUT2D eigenvalue weighted by Crippen LogP contribution is -2.23. The molecule has 0 atom stereocenters. The lowest BCUT2D eigenvalue weighted by atomic mass is 10.1. The SMILES string of the molecule is C=CCCCCCC(=O)CNCCC. The van der Waals surface area contributed by atoms with Crippen molar-refractivity contribution in [2.45, 2.75) is 45.4 Å². The topological polar surface area (TPSA) is 29.1 Å². The number of hydrogen-bond acceptors (Lipinski definition) is 2. The molecule has 82 valence electrons. The summed E-state index contributed by atoms with van der Waals surface area (Å²) in [4.78, 5) is 11.3. The second kappa shape index (κ2) is 10.5. The van der Waals surface area contributed by atoms with Gasteiger partial charge in [0.05, 0.1) is 6.54 Å². The molecule has 0 aromatic rings. The van der Waals surface area contributed by atoms with Gasteiger partial charge in [-0.05, 0) is 32.2 Å². The van der Waals surface area contributed by atoms with E-state index in [1.165, 1.54) is 6.42 Å². The number of carbonyl (C=O) groups excluding carboxylic acids is 1. The molecule has 0 heterocycles. The number of nitrogens with one attached hydrogen (secondary N) is 1. The third-order valence-corrected chi connectivity index (χ3v) is 2.11. The minimum Gasteiger partial charge on any atom is -0.310 e. The molecule has 0 aromatic carbocycles. The Bertz CT molecular complexity index is 154. The highest BCUT2D eigenvalue weighted by Crippen LogP contribution is 2.03. The van der Waals surface area contributed by atoms with E-state index in [0.29, 0.717) is 12.3 Å². The maximum Gasteiger partial charge on any atom is 0.146 e. The Morgan fingerprint density at radius 3 is 2.79 bits per heavy atom. The van der Waals surface area contributed by atoms with Crippen molar-refractivity contribution in [3.63, 3.8) is 0 Å². The molecule has 0 spiro atoms. The molecule has 0 aromatic heterocycles. The molecular formula is C12H23NO. The van der Waals surface area contributed by atoms with Gasteiger partial charge in [-0.3, -0.25) is 4.79 Å². The van der Waals surface area contributed by atoms with E-state index in [1.54, 1.807) is 0 Å². The number of ketones is 1. The van der Waals surface area contributed by atoms with Crippen LogP contribution in [0.15, 0.2) is 12.7 Å². The van der Waals surface area contributed by atoms with Crippen molar-refractivity contribution in [3.8, 4) is 0 Å². The first-order valence-corrected chi connectivity index (χ1v) is 5.64. The normalized spacial score (nSPS) is 10.1. The van der Waals surface area contributed by atoms with Gasteiger partial charge in [-0.25, -0.2) is 0 Å². The first kappa shape index (κ1) is 13.4. The molecule has 0 aliphatic carbocycles. The molecule has 2 nitrogen and oxygen atoms in total. The molecule has 14 heavy (non-hydrogen) atoms. The summed E-state index contributed by atoms with van der Waals surface area (Å²) in [5, 5.41) is 3.12. The minimum atomic E-state index is 0.344. The molecule has 0 bridgehead atoms. The third-order valence-electron chi connectivity index (χ3n) is 2.11. The second-order valence-electron chi connectivity index (χ2n) is 3.60. The van der Waals surface area contributed by atoms with Crippen LogP contribution in [0, 0.1) is 0 Å². The average Bonchev–Trinajstić information content (AvgIpc) is 2.18. The largest absolute Gasteiger partial charge is 0.310 e. The molecule has 0 fully saturated rings. The van der Waals surface area contributed by atoms with E-state index in [-0.39, 0.29) is 0 Å². The molecular weight excluding hydrogens is 174 g/mol. The summed E-state index contributed by atoms with van der Waals surface area (Å²) >= 11 is 0. The van der Waals surface area contributed by atoms with E-state index in [9.17, 15) is 4.79 Å². The fourth-order valence-electron chi connectivity index (χ4n) is 1.28. The molecule has 0 saturated heterocycles. The lowest BCUT2D eigenvalue weighted by Gasteiger charge is -2.02. The number of carbonyl (C=O) groups is 1. The van der Waals surface area contributed by atoms with Crippen molar-refractivity contribution < 1.29 is 4.79 Å². The van der Waals surface area contributed by atoms with Gasteiger partial charge < -0.3 is 5.32 Å². The van der Waals surface area contributed by atoms with Gasteiger partial charge >= 0.3 is 0 Å². The zero-order valence-electron chi connectivity index (χ0n) is 9.35. The summed E-state index contributed by atoms with van der Waals surface area (Å²) in [6.07, 6.45) is 8.17. The third kappa shape index (κ3) is 9.46. The number of unbranched alkanes of at least 4 members (excludes halogenated alkanes) is 3. The Morgan fingerprint density at radius 2 is 2.14 bits per heavy atom. The maximum atomic E-state index is 11.3. The van der Waals surface area contributed by atoms with Gasteiger partial charge in [-0.1, -0.05) is 19.4 Å². The van der Waals surface area contributed by atoms with Crippen LogP contribution in [0.3, 0.4) is 0 Å². The van der Waals surface area contributed by atoms with Gasteiger partial charge in [0.2, 0.25) is 0 Å². The molecule has 0 aliphatic rings. The smallest absolute Gasteiger partial charge is 0.146 e. The Morgan fingerprint density at radius 1 is 1.36 bits per heavy atom. The summed E-state index contributed by atoms with van der Waals surface area (Å²) in [6, 6.07) is 0. The van der Waals surface area contributed by atoms with Crippen LogP contribution in [-0.4, -0.2) is 18.9 Å². The Hall–Kier alpha value is -0.630. The van der Waals surface area contributed by atoms with Gasteiger partial charge in [-0.2, -0.15) is 0 Å². The van der Waals surface area contributed by atoms with Gasteiger partial charge in [0, 0.05) is 6.42 Å². The first-order chi connectivity index (χ1) is 6.81. The fraction of sp³-hybridized carbons (Fsp3) is 0.750. The van der Waals surface area contributed by atoms with E-state index < -0.39 is 0 Å². The van der Waals surface area contributed by atoms with Crippen LogP contribution in [-0.2, 0) is 4.79 Å². The highest BCUT2D eigenvalue weighted by molar-refractivity contribution is 5.80. The van der Waals surface area contributed by atoms with E-state index in [4.69, 9.17) is 0 Å². The van der Waals surface area contributed by atoms with Crippen LogP contribution < -0.4 is 5.32 Å². The van der Waals surface area contributed by atoms with E-state index in [0.717, 1.165) is 38.6 Å². The average molecular weight is 197 g/mol. The van der Waals surface area contributed by atoms with Gasteiger partial charge in [0.1, 0.15) is 5.78 Å². The number of hydrogen-bond donors (Lipinski definition) is 1. The summed E-state index contributed by atoms with van der Waals surface area (Å²) in [5.74, 6) is 0.344. The number of allylic oxidation sites excluding steroid dienone is 1. The van der Waals surface area contributed by atoms with Crippen LogP contribution in [0.1, 0.15) is 45.4 Å². The standard InChI is InChI=1S/C12H23NO/c1-3-5-6-7-8-9-12(14)11-13-10-4-2/h3,13H,1,4-11H2,2H3. The molecule has 0 amide bonds. The number of rotatable bonds is 10. The lowest BCUT2D eigenvalue weighted by molar-refractivity contribution is -0.118. The van der Waals surface area contributed by atoms with Gasteiger partial charge in [0.15, 0.2) is 0 Å². The molecule has 0 aliphatic heterocycles. The van der Waals surface area contributed by atoms with Gasteiger partial charge in [-0.15, -0.1) is 6.58 Å². The van der Waals surface area contributed by atoms with Crippen LogP contribution in [0.2, 0.25) is 0 Å². The minimum absolute atomic E-state index is 0.344. The Kier molecular flexibility index (Phi) is 9.98.